The molecule has 0 saturated carbocycles. The first-order valence-corrected chi connectivity index (χ1v) is 7.19. The van der Waals surface area contributed by atoms with Crippen LogP contribution in [0.15, 0.2) is 42.5 Å². The highest BCUT2D eigenvalue weighted by Crippen LogP contribution is 2.26. The Morgan fingerprint density at radius 1 is 1.05 bits per heavy atom. The van der Waals surface area contributed by atoms with Crippen LogP contribution in [-0.2, 0) is 6.54 Å². The first-order valence-electron chi connectivity index (χ1n) is 7.19. The maximum Gasteiger partial charge on any atom is 0.121 e. The first kappa shape index (κ1) is 14.6. The first-order chi connectivity index (χ1) is 9.74. The van der Waals surface area contributed by atoms with Gasteiger partial charge in [0.05, 0.1) is 7.11 Å². The minimum absolute atomic E-state index is 0.927. The summed E-state index contributed by atoms with van der Waals surface area (Å²) in [5.74, 6) is 0.939. The van der Waals surface area contributed by atoms with E-state index in [9.17, 15) is 0 Å². The quantitative estimate of drug-likeness (QED) is 0.795. The molecule has 1 N–H and O–H groups in total. The van der Waals surface area contributed by atoms with E-state index in [4.69, 9.17) is 4.74 Å². The Hall–Kier alpha value is -1.80. The second-order valence-electron chi connectivity index (χ2n) is 5.06. The molecule has 0 aromatic heterocycles. The predicted molar refractivity (Wildman–Crippen MR) is 85.2 cm³/mol. The van der Waals surface area contributed by atoms with Crippen molar-refractivity contribution in [2.75, 3.05) is 13.7 Å². The number of ether oxygens (including phenoxy) is 1. The van der Waals surface area contributed by atoms with Crippen LogP contribution in [0, 0.1) is 6.92 Å². The number of benzene rings is 2. The molecule has 0 bridgehead atoms. The third kappa shape index (κ3) is 3.61. The molecule has 2 rings (SSSR count). The molecule has 0 spiro atoms. The molecular formula is C18H23NO. The molecule has 0 atom stereocenters. The molecule has 0 saturated heterocycles. The fourth-order valence-corrected chi connectivity index (χ4v) is 2.33. The minimum atomic E-state index is 0.927. The van der Waals surface area contributed by atoms with Gasteiger partial charge in [0.2, 0.25) is 0 Å². The van der Waals surface area contributed by atoms with Gasteiger partial charge in [0.25, 0.3) is 0 Å². The third-order valence-electron chi connectivity index (χ3n) is 3.41. The Kier molecular flexibility index (Phi) is 5.19. The molecule has 0 aliphatic heterocycles. The van der Waals surface area contributed by atoms with Gasteiger partial charge in [-0.15, -0.1) is 0 Å². The predicted octanol–water partition coefficient (Wildman–Crippen LogP) is 4.17. The zero-order valence-electron chi connectivity index (χ0n) is 12.6. The second-order valence-corrected chi connectivity index (χ2v) is 5.06. The SMILES string of the molecule is CCCNCc1cccc(-c2ccc(OC)c(C)c2)c1. The number of rotatable bonds is 6. The summed E-state index contributed by atoms with van der Waals surface area (Å²) in [5, 5.41) is 3.44. The van der Waals surface area contributed by atoms with Crippen molar-refractivity contribution in [1.29, 1.82) is 0 Å². The Balaban J connectivity index is 2.19. The number of nitrogens with one attached hydrogen (secondary N) is 1. The molecule has 0 heterocycles. The number of aryl methyl sites for hydroxylation is 1. The highest BCUT2D eigenvalue weighted by Gasteiger charge is 2.03. The van der Waals surface area contributed by atoms with E-state index < -0.39 is 0 Å². The van der Waals surface area contributed by atoms with Crippen LogP contribution in [0.1, 0.15) is 24.5 Å². The van der Waals surface area contributed by atoms with Gasteiger partial charge < -0.3 is 10.1 Å². The van der Waals surface area contributed by atoms with Crippen molar-refractivity contribution < 1.29 is 4.74 Å². The van der Waals surface area contributed by atoms with Crippen LogP contribution < -0.4 is 10.1 Å². The minimum Gasteiger partial charge on any atom is -0.496 e. The highest BCUT2D eigenvalue weighted by molar-refractivity contribution is 5.66. The zero-order chi connectivity index (χ0) is 14.4. The largest absolute Gasteiger partial charge is 0.496 e. The van der Waals surface area contributed by atoms with Crippen molar-refractivity contribution in [3.05, 3.63) is 53.6 Å². The van der Waals surface area contributed by atoms with E-state index in [1.165, 1.54) is 22.3 Å². The molecule has 20 heavy (non-hydrogen) atoms. The van der Waals surface area contributed by atoms with Gasteiger partial charge in [-0.1, -0.05) is 31.2 Å². The Bertz CT molecular complexity index is 563. The fraction of sp³-hybridized carbons (Fsp3) is 0.333. The van der Waals surface area contributed by atoms with Gasteiger partial charge in [-0.2, -0.15) is 0 Å². The summed E-state index contributed by atoms with van der Waals surface area (Å²) in [6.07, 6.45) is 1.16. The Morgan fingerprint density at radius 3 is 2.55 bits per heavy atom. The lowest BCUT2D eigenvalue weighted by atomic mass is 10.0. The van der Waals surface area contributed by atoms with Gasteiger partial charge in [0.15, 0.2) is 0 Å². The maximum absolute atomic E-state index is 5.32. The van der Waals surface area contributed by atoms with Crippen molar-refractivity contribution in [2.24, 2.45) is 0 Å². The molecule has 106 valence electrons. The van der Waals surface area contributed by atoms with Crippen LogP contribution in [0.5, 0.6) is 5.75 Å². The number of hydrogen-bond acceptors (Lipinski definition) is 2. The van der Waals surface area contributed by atoms with E-state index in [1.807, 2.05) is 6.07 Å². The monoisotopic (exact) mass is 269 g/mol. The van der Waals surface area contributed by atoms with E-state index in [2.05, 4.69) is 55.6 Å². The summed E-state index contributed by atoms with van der Waals surface area (Å²) in [5.41, 5.74) is 4.98. The van der Waals surface area contributed by atoms with E-state index in [1.54, 1.807) is 7.11 Å². The molecular weight excluding hydrogens is 246 g/mol. The smallest absolute Gasteiger partial charge is 0.121 e. The standard InChI is InChI=1S/C18H23NO/c1-4-10-19-13-15-6-5-7-16(12-15)17-8-9-18(20-3)14(2)11-17/h5-9,11-12,19H,4,10,13H2,1-3H3. The lowest BCUT2D eigenvalue weighted by molar-refractivity contribution is 0.412. The van der Waals surface area contributed by atoms with Crippen LogP contribution >= 0.6 is 0 Å². The summed E-state index contributed by atoms with van der Waals surface area (Å²) < 4.78 is 5.32. The number of hydrogen-bond donors (Lipinski definition) is 1. The number of methoxy groups -OCH3 is 1. The van der Waals surface area contributed by atoms with Crippen LogP contribution in [0.25, 0.3) is 11.1 Å². The van der Waals surface area contributed by atoms with Crippen molar-refractivity contribution in [1.82, 2.24) is 5.32 Å². The lowest BCUT2D eigenvalue weighted by Gasteiger charge is -2.09. The van der Waals surface area contributed by atoms with Crippen molar-refractivity contribution >= 4 is 0 Å². The summed E-state index contributed by atoms with van der Waals surface area (Å²) in [7, 11) is 1.71. The van der Waals surface area contributed by atoms with Crippen molar-refractivity contribution in [3.8, 4) is 16.9 Å². The normalized spacial score (nSPS) is 10.6. The van der Waals surface area contributed by atoms with Crippen LogP contribution in [0.2, 0.25) is 0 Å². The van der Waals surface area contributed by atoms with Gasteiger partial charge in [0, 0.05) is 6.54 Å². The van der Waals surface area contributed by atoms with Crippen LogP contribution in [0.3, 0.4) is 0 Å². The second kappa shape index (κ2) is 7.11. The van der Waals surface area contributed by atoms with Crippen molar-refractivity contribution in [3.63, 3.8) is 0 Å². The van der Waals surface area contributed by atoms with Gasteiger partial charge in [-0.05, 0) is 60.3 Å². The Morgan fingerprint density at radius 2 is 1.85 bits per heavy atom. The van der Waals surface area contributed by atoms with Crippen LogP contribution in [-0.4, -0.2) is 13.7 Å². The summed E-state index contributed by atoms with van der Waals surface area (Å²) in [6, 6.07) is 15.0. The summed E-state index contributed by atoms with van der Waals surface area (Å²) in [4.78, 5) is 0. The molecule has 0 radical (unpaired) electrons. The van der Waals surface area contributed by atoms with Gasteiger partial charge in [-0.25, -0.2) is 0 Å². The zero-order valence-corrected chi connectivity index (χ0v) is 12.6. The average molecular weight is 269 g/mol. The van der Waals surface area contributed by atoms with Gasteiger partial charge >= 0.3 is 0 Å². The third-order valence-corrected chi connectivity index (χ3v) is 3.41. The molecule has 0 amide bonds. The van der Waals surface area contributed by atoms with Crippen molar-refractivity contribution in [2.45, 2.75) is 26.8 Å². The molecule has 2 heteroatoms. The topological polar surface area (TPSA) is 21.3 Å². The molecule has 2 aromatic carbocycles. The summed E-state index contributed by atoms with van der Waals surface area (Å²) in [6.45, 7) is 6.25. The molecule has 2 nitrogen and oxygen atoms in total. The van der Waals surface area contributed by atoms with Gasteiger partial charge in [-0.3, -0.25) is 0 Å². The van der Waals surface area contributed by atoms with E-state index in [-0.39, 0.29) is 0 Å². The molecule has 0 unspecified atom stereocenters. The molecule has 0 fully saturated rings. The Labute approximate surface area is 121 Å². The molecule has 0 aliphatic carbocycles. The summed E-state index contributed by atoms with van der Waals surface area (Å²) >= 11 is 0. The van der Waals surface area contributed by atoms with Crippen LogP contribution in [0.4, 0.5) is 0 Å². The highest BCUT2D eigenvalue weighted by atomic mass is 16.5. The van der Waals surface area contributed by atoms with E-state index in [0.717, 1.165) is 25.3 Å². The molecule has 0 aliphatic rings. The van der Waals surface area contributed by atoms with E-state index >= 15 is 0 Å². The van der Waals surface area contributed by atoms with E-state index in [0.29, 0.717) is 0 Å². The van der Waals surface area contributed by atoms with Gasteiger partial charge in [0.1, 0.15) is 5.75 Å². The lowest BCUT2D eigenvalue weighted by Crippen LogP contribution is -2.13. The maximum atomic E-state index is 5.32. The molecule has 2 aromatic rings. The average Bonchev–Trinajstić information content (AvgIpc) is 2.48. The fourth-order valence-electron chi connectivity index (χ4n) is 2.33.